The minimum atomic E-state index is -0.586. The second-order valence-electron chi connectivity index (χ2n) is 16.0. The van der Waals surface area contributed by atoms with Gasteiger partial charge in [0.15, 0.2) is 6.10 Å². The van der Waals surface area contributed by atoms with E-state index in [2.05, 4.69) is 112 Å². The first-order chi connectivity index (χ1) is 29.6. The van der Waals surface area contributed by atoms with Crippen molar-refractivity contribution in [3.05, 3.63) is 97.2 Å². The van der Waals surface area contributed by atoms with Crippen molar-refractivity contribution in [3.8, 4) is 0 Å². The van der Waals surface area contributed by atoms with Crippen molar-refractivity contribution in [2.45, 2.75) is 219 Å². The molecule has 0 rings (SSSR count). The Balaban J connectivity index is 4.36. The zero-order valence-corrected chi connectivity index (χ0v) is 39.2. The van der Waals surface area contributed by atoms with Crippen LogP contribution in [0.5, 0.6) is 0 Å². The zero-order chi connectivity index (χ0) is 43.5. The molecular weight excluding hydrogens is 741 g/mol. The van der Waals surface area contributed by atoms with Crippen LogP contribution in [0.15, 0.2) is 97.2 Å². The van der Waals surface area contributed by atoms with Crippen molar-refractivity contribution in [2.24, 2.45) is 0 Å². The lowest BCUT2D eigenvalue weighted by Gasteiger charge is -2.18. The molecule has 0 aromatic rings. The Morgan fingerprint density at radius 2 is 0.800 bits per heavy atom. The summed E-state index contributed by atoms with van der Waals surface area (Å²) >= 11 is 0. The number of unbranched alkanes of at least 4 members (excludes halogenated alkanes) is 17. The Kier molecular flexibility index (Phi) is 47.5. The van der Waals surface area contributed by atoms with E-state index in [1.165, 1.54) is 96.3 Å². The van der Waals surface area contributed by atoms with Crippen LogP contribution in [0.1, 0.15) is 213 Å². The van der Waals surface area contributed by atoms with Crippen molar-refractivity contribution in [1.29, 1.82) is 0 Å². The number of hydrogen-bond donors (Lipinski definition) is 0. The SMILES string of the molecule is CC/C=C\C/C=C\C/C=C\C/C=C\CCC(=O)OC(COCCCCCCCC/C=C\CCCC)COC(=O)CCCCCCCC/C=C\C/C=C\C/C=C\CCCCC. The molecule has 0 fully saturated rings. The quantitative estimate of drug-likeness (QED) is 0.0348. The molecule has 60 heavy (non-hydrogen) atoms. The summed E-state index contributed by atoms with van der Waals surface area (Å²) in [6, 6.07) is 0. The molecule has 0 N–H and O–H groups in total. The topological polar surface area (TPSA) is 61.8 Å². The van der Waals surface area contributed by atoms with Gasteiger partial charge in [0, 0.05) is 19.4 Å². The van der Waals surface area contributed by atoms with Crippen LogP contribution in [-0.2, 0) is 23.8 Å². The smallest absolute Gasteiger partial charge is 0.306 e. The Bertz CT molecular complexity index is 1170. The summed E-state index contributed by atoms with van der Waals surface area (Å²) in [7, 11) is 0. The number of hydrogen-bond acceptors (Lipinski definition) is 5. The van der Waals surface area contributed by atoms with Crippen molar-refractivity contribution in [1.82, 2.24) is 0 Å². The van der Waals surface area contributed by atoms with Crippen molar-refractivity contribution in [3.63, 3.8) is 0 Å². The summed E-state index contributed by atoms with van der Waals surface area (Å²) in [6.07, 6.45) is 67.1. The molecule has 0 aromatic carbocycles. The first kappa shape index (κ1) is 56.8. The van der Waals surface area contributed by atoms with Gasteiger partial charge in [-0.2, -0.15) is 0 Å². The van der Waals surface area contributed by atoms with Crippen LogP contribution in [0.2, 0.25) is 0 Å². The molecule has 0 radical (unpaired) electrons. The molecule has 0 heterocycles. The Morgan fingerprint density at radius 3 is 1.33 bits per heavy atom. The first-order valence-electron chi connectivity index (χ1n) is 24.8. The third-order valence-corrected chi connectivity index (χ3v) is 10.1. The fourth-order valence-electron chi connectivity index (χ4n) is 6.39. The maximum atomic E-state index is 12.7. The molecule has 0 amide bonds. The monoisotopic (exact) mass is 833 g/mol. The minimum Gasteiger partial charge on any atom is -0.462 e. The highest BCUT2D eigenvalue weighted by Gasteiger charge is 2.17. The van der Waals surface area contributed by atoms with Crippen LogP contribution < -0.4 is 0 Å². The van der Waals surface area contributed by atoms with Gasteiger partial charge in [-0.15, -0.1) is 0 Å². The summed E-state index contributed by atoms with van der Waals surface area (Å²) in [4.78, 5) is 25.3. The molecular formula is C55H92O5. The second kappa shape index (κ2) is 50.2. The van der Waals surface area contributed by atoms with Crippen LogP contribution in [0.25, 0.3) is 0 Å². The molecule has 1 unspecified atom stereocenters. The number of carbonyl (C=O) groups is 2. The van der Waals surface area contributed by atoms with Gasteiger partial charge < -0.3 is 14.2 Å². The number of esters is 2. The lowest BCUT2D eigenvalue weighted by atomic mass is 10.1. The molecule has 0 saturated carbocycles. The van der Waals surface area contributed by atoms with Crippen LogP contribution >= 0.6 is 0 Å². The van der Waals surface area contributed by atoms with E-state index in [0.29, 0.717) is 19.4 Å². The van der Waals surface area contributed by atoms with Crippen molar-refractivity contribution in [2.75, 3.05) is 19.8 Å². The average molecular weight is 833 g/mol. The highest BCUT2D eigenvalue weighted by molar-refractivity contribution is 5.70. The van der Waals surface area contributed by atoms with Gasteiger partial charge in [0.05, 0.1) is 6.61 Å². The first-order valence-corrected chi connectivity index (χ1v) is 24.8. The molecule has 342 valence electrons. The fraction of sp³-hybridized carbons (Fsp3) is 0.673. The molecule has 0 aliphatic rings. The van der Waals surface area contributed by atoms with Gasteiger partial charge in [0.2, 0.25) is 0 Å². The highest BCUT2D eigenvalue weighted by Crippen LogP contribution is 2.12. The molecule has 0 spiro atoms. The molecule has 0 saturated heterocycles. The number of rotatable bonds is 44. The van der Waals surface area contributed by atoms with E-state index in [9.17, 15) is 9.59 Å². The largest absolute Gasteiger partial charge is 0.462 e. The average Bonchev–Trinajstić information content (AvgIpc) is 3.25. The number of ether oxygens (including phenoxy) is 3. The van der Waals surface area contributed by atoms with Gasteiger partial charge in [0.1, 0.15) is 6.61 Å². The van der Waals surface area contributed by atoms with Crippen LogP contribution in [0, 0.1) is 0 Å². The van der Waals surface area contributed by atoms with E-state index in [1.54, 1.807) is 0 Å². The Morgan fingerprint density at radius 1 is 0.383 bits per heavy atom. The van der Waals surface area contributed by atoms with Crippen LogP contribution in [0.4, 0.5) is 0 Å². The molecule has 5 nitrogen and oxygen atoms in total. The van der Waals surface area contributed by atoms with Crippen molar-refractivity contribution >= 4 is 11.9 Å². The molecule has 0 aliphatic carbocycles. The van der Waals surface area contributed by atoms with E-state index in [1.807, 2.05) is 6.08 Å². The maximum Gasteiger partial charge on any atom is 0.306 e. The van der Waals surface area contributed by atoms with E-state index in [0.717, 1.165) is 77.0 Å². The molecule has 0 aliphatic heterocycles. The van der Waals surface area contributed by atoms with Gasteiger partial charge in [-0.25, -0.2) is 0 Å². The highest BCUT2D eigenvalue weighted by atomic mass is 16.6. The van der Waals surface area contributed by atoms with E-state index < -0.39 is 6.10 Å². The third kappa shape index (κ3) is 47.5. The summed E-state index contributed by atoms with van der Waals surface area (Å²) in [5, 5.41) is 0. The third-order valence-electron chi connectivity index (χ3n) is 10.1. The zero-order valence-electron chi connectivity index (χ0n) is 39.2. The fourth-order valence-corrected chi connectivity index (χ4v) is 6.39. The summed E-state index contributed by atoms with van der Waals surface area (Å²) in [5.41, 5.74) is 0. The van der Waals surface area contributed by atoms with E-state index in [4.69, 9.17) is 14.2 Å². The normalized spacial score (nSPS) is 13.1. The lowest BCUT2D eigenvalue weighted by Crippen LogP contribution is -2.30. The van der Waals surface area contributed by atoms with Gasteiger partial charge in [-0.1, -0.05) is 195 Å². The van der Waals surface area contributed by atoms with Crippen LogP contribution in [-0.4, -0.2) is 37.9 Å². The van der Waals surface area contributed by atoms with Gasteiger partial charge in [-0.3, -0.25) is 9.59 Å². The predicted octanol–water partition coefficient (Wildman–Crippen LogP) is 16.7. The molecule has 1 atom stereocenters. The number of allylic oxidation sites excluding steroid dienone is 16. The lowest BCUT2D eigenvalue weighted by molar-refractivity contribution is -0.162. The summed E-state index contributed by atoms with van der Waals surface area (Å²) in [6.45, 7) is 7.54. The molecule has 5 heteroatoms. The van der Waals surface area contributed by atoms with Gasteiger partial charge in [-0.05, 0) is 103 Å². The van der Waals surface area contributed by atoms with Crippen LogP contribution in [0.3, 0.4) is 0 Å². The molecule has 0 aromatic heterocycles. The van der Waals surface area contributed by atoms with E-state index >= 15 is 0 Å². The predicted molar refractivity (Wildman–Crippen MR) is 260 cm³/mol. The Hall–Kier alpha value is -3.18. The maximum absolute atomic E-state index is 12.7. The van der Waals surface area contributed by atoms with Gasteiger partial charge >= 0.3 is 11.9 Å². The minimum absolute atomic E-state index is 0.0426. The van der Waals surface area contributed by atoms with Crippen molar-refractivity contribution < 1.29 is 23.8 Å². The van der Waals surface area contributed by atoms with E-state index in [-0.39, 0.29) is 31.6 Å². The number of carbonyl (C=O) groups excluding carboxylic acids is 2. The second-order valence-corrected chi connectivity index (χ2v) is 16.0. The van der Waals surface area contributed by atoms with Gasteiger partial charge in [0.25, 0.3) is 0 Å². The summed E-state index contributed by atoms with van der Waals surface area (Å²) < 4.78 is 17.3. The Labute approximate surface area is 371 Å². The molecule has 0 bridgehead atoms. The standard InChI is InChI=1S/C55H92O5/c1-4-7-10-13-16-19-22-25-26-27-28-29-30-32-33-36-39-42-45-48-54(56)59-52-53(51-58-50-47-44-41-38-35-24-21-18-15-12-9-6-3)60-55(57)49-46-43-40-37-34-31-23-20-17-14-11-8-5-2/h8,11,15-20,25-26,28-29,31,34,40,43,53H,4-7,9-10,12-14,21-24,27,30,32-33,35-39,41-42,44-52H2,1-3H3/b11-8-,18-15-,19-16-,20-17-,26-25-,29-28-,34-31-,43-40-. The summed E-state index contributed by atoms with van der Waals surface area (Å²) in [5.74, 6) is -0.513.